The van der Waals surface area contributed by atoms with Crippen molar-refractivity contribution in [3.8, 4) is 33.8 Å². The smallest absolute Gasteiger partial charge is 0.402 e. The van der Waals surface area contributed by atoms with Crippen LogP contribution in [0.2, 0.25) is 0 Å². The van der Waals surface area contributed by atoms with Crippen molar-refractivity contribution in [2.75, 3.05) is 11.5 Å². The molecule has 0 bridgehead atoms. The fourth-order valence-electron chi connectivity index (χ4n) is 3.58. The summed E-state index contributed by atoms with van der Waals surface area (Å²) < 4.78 is 226. The van der Waals surface area contributed by atoms with E-state index in [2.05, 4.69) is 9.47 Å². The lowest BCUT2D eigenvalue weighted by molar-refractivity contribution is -0.276. The van der Waals surface area contributed by atoms with Crippen molar-refractivity contribution in [1.29, 1.82) is 0 Å². The number of nitrogens with two attached hydrogens (primary N) is 2. The average Bonchev–Trinajstić information content (AvgIpc) is 2.81. The molecule has 3 rings (SSSR count). The lowest BCUT2D eigenvalue weighted by Crippen LogP contribution is -2.21. The van der Waals surface area contributed by atoms with Gasteiger partial charge in [0.15, 0.2) is 23.1 Å². The predicted octanol–water partition coefficient (Wildman–Crippen LogP) is 8.58. The summed E-state index contributed by atoms with van der Waals surface area (Å²) in [5.74, 6) is -13.7. The molecule has 0 aliphatic rings. The van der Waals surface area contributed by atoms with Crippen LogP contribution in [0.5, 0.6) is 11.5 Å². The molecule has 230 valence electrons. The summed E-state index contributed by atoms with van der Waals surface area (Å²) in [6.07, 6.45) is -23.8. The van der Waals surface area contributed by atoms with E-state index in [1.54, 1.807) is 0 Å². The average molecular weight is 636 g/mol. The summed E-state index contributed by atoms with van der Waals surface area (Å²) in [6.45, 7) is 0. The maximum absolute atomic E-state index is 14.5. The summed E-state index contributed by atoms with van der Waals surface area (Å²) in [7, 11) is 0. The third-order valence-electron chi connectivity index (χ3n) is 5.20. The van der Waals surface area contributed by atoms with Gasteiger partial charge in [0.1, 0.15) is 23.0 Å². The Morgan fingerprint density at radius 1 is 0.452 bits per heavy atom. The fourth-order valence-corrected chi connectivity index (χ4v) is 3.58. The first kappa shape index (κ1) is 32.3. The normalized spacial score (nSPS) is 13.0. The SMILES string of the molecule is Nc1c(F)cc(-c2cc(C(F)(F)F)c(-c3cc(F)c(N)c(F)c3OC(F)(F)F)cc2C(F)(F)F)c(OC(F)(F)F)c1F. The Hall–Kier alpha value is -4.26. The molecule has 0 fully saturated rings. The quantitative estimate of drug-likeness (QED) is 0.223. The molecule has 4 N–H and O–H groups in total. The van der Waals surface area contributed by atoms with Gasteiger partial charge in [-0.1, -0.05) is 0 Å². The number of benzene rings is 3. The van der Waals surface area contributed by atoms with Crippen LogP contribution < -0.4 is 20.9 Å². The van der Waals surface area contributed by atoms with Gasteiger partial charge < -0.3 is 20.9 Å². The largest absolute Gasteiger partial charge is 0.573 e. The van der Waals surface area contributed by atoms with Crippen molar-refractivity contribution in [3.63, 3.8) is 0 Å². The van der Waals surface area contributed by atoms with Crippen LogP contribution in [0.1, 0.15) is 11.1 Å². The first-order valence-electron chi connectivity index (χ1n) is 10.2. The van der Waals surface area contributed by atoms with Crippen LogP contribution in [0, 0.1) is 23.3 Å². The zero-order valence-electron chi connectivity index (χ0n) is 19.3. The van der Waals surface area contributed by atoms with Gasteiger partial charge >= 0.3 is 25.1 Å². The van der Waals surface area contributed by atoms with Crippen LogP contribution in [0.25, 0.3) is 22.3 Å². The Kier molecular flexibility index (Phi) is 7.85. The molecule has 4 nitrogen and oxygen atoms in total. The topological polar surface area (TPSA) is 70.5 Å². The predicted molar refractivity (Wildman–Crippen MR) is 109 cm³/mol. The van der Waals surface area contributed by atoms with Crippen molar-refractivity contribution in [2.24, 2.45) is 0 Å². The zero-order valence-corrected chi connectivity index (χ0v) is 19.3. The monoisotopic (exact) mass is 636 g/mol. The van der Waals surface area contributed by atoms with Gasteiger partial charge in [0, 0.05) is 11.1 Å². The molecular weight excluding hydrogens is 628 g/mol. The lowest BCUT2D eigenvalue weighted by atomic mass is 9.89. The van der Waals surface area contributed by atoms with E-state index >= 15 is 0 Å². The first-order valence-corrected chi connectivity index (χ1v) is 10.2. The third kappa shape index (κ3) is 6.46. The Morgan fingerprint density at radius 2 is 0.738 bits per heavy atom. The number of ether oxygens (including phenoxy) is 2. The number of hydrogen-bond acceptors (Lipinski definition) is 4. The highest BCUT2D eigenvalue weighted by atomic mass is 19.4. The fraction of sp³-hybridized carbons (Fsp3) is 0.182. The van der Waals surface area contributed by atoms with Crippen molar-refractivity contribution in [1.82, 2.24) is 0 Å². The molecule has 0 atom stereocenters. The molecular formula is C22H8F16N2O2. The van der Waals surface area contributed by atoms with Crippen molar-refractivity contribution >= 4 is 11.4 Å². The molecule has 0 saturated carbocycles. The van der Waals surface area contributed by atoms with Gasteiger partial charge in [-0.25, -0.2) is 17.6 Å². The van der Waals surface area contributed by atoms with Gasteiger partial charge in [-0.05, 0) is 35.4 Å². The second-order valence-corrected chi connectivity index (χ2v) is 7.96. The summed E-state index contributed by atoms with van der Waals surface area (Å²) in [5, 5.41) is 0. The molecule has 0 radical (unpaired) electrons. The highest BCUT2D eigenvalue weighted by Gasteiger charge is 2.44. The molecule has 0 spiro atoms. The number of alkyl halides is 12. The summed E-state index contributed by atoms with van der Waals surface area (Å²) in [5.41, 5.74) is -6.70. The van der Waals surface area contributed by atoms with E-state index < -0.39 is 117 Å². The third-order valence-corrected chi connectivity index (χ3v) is 5.20. The van der Waals surface area contributed by atoms with Gasteiger partial charge in [0.05, 0.1) is 11.1 Å². The minimum Gasteiger partial charge on any atom is -0.402 e. The zero-order chi connectivity index (χ0) is 32.3. The first-order chi connectivity index (χ1) is 18.8. The van der Waals surface area contributed by atoms with Crippen LogP contribution in [0.15, 0.2) is 24.3 Å². The van der Waals surface area contributed by atoms with Crippen LogP contribution in [0.4, 0.5) is 81.6 Å². The second kappa shape index (κ2) is 10.2. The highest BCUT2D eigenvalue weighted by Crippen LogP contribution is 2.51. The molecule has 20 heteroatoms. The van der Waals surface area contributed by atoms with Crippen LogP contribution in [-0.2, 0) is 12.4 Å². The van der Waals surface area contributed by atoms with Crippen LogP contribution in [-0.4, -0.2) is 12.7 Å². The van der Waals surface area contributed by atoms with Crippen LogP contribution in [0.3, 0.4) is 0 Å². The number of hydrogen-bond donors (Lipinski definition) is 2. The molecule has 0 aliphatic heterocycles. The summed E-state index contributed by atoms with van der Waals surface area (Å²) in [6, 6.07) is -2.06. The number of rotatable bonds is 4. The van der Waals surface area contributed by atoms with E-state index in [-0.39, 0.29) is 12.1 Å². The number of halogens is 16. The van der Waals surface area contributed by atoms with E-state index in [1.165, 1.54) is 0 Å². The van der Waals surface area contributed by atoms with Crippen molar-refractivity contribution in [3.05, 3.63) is 58.7 Å². The molecule has 0 amide bonds. The maximum atomic E-state index is 14.5. The van der Waals surface area contributed by atoms with E-state index in [9.17, 15) is 70.2 Å². The van der Waals surface area contributed by atoms with Crippen molar-refractivity contribution < 1.29 is 79.7 Å². The van der Waals surface area contributed by atoms with Crippen LogP contribution >= 0.6 is 0 Å². The van der Waals surface area contributed by atoms with E-state index in [0.717, 1.165) is 0 Å². The van der Waals surface area contributed by atoms with E-state index in [0.29, 0.717) is 0 Å². The molecule has 3 aromatic carbocycles. The molecule has 0 heterocycles. The van der Waals surface area contributed by atoms with Gasteiger partial charge in [0.2, 0.25) is 0 Å². The summed E-state index contributed by atoms with van der Waals surface area (Å²) in [4.78, 5) is 0. The number of anilines is 2. The Bertz CT molecular complexity index is 1420. The van der Waals surface area contributed by atoms with Gasteiger partial charge in [-0.15, -0.1) is 26.3 Å². The minimum atomic E-state index is -5.96. The van der Waals surface area contributed by atoms with Gasteiger partial charge in [-0.2, -0.15) is 26.3 Å². The van der Waals surface area contributed by atoms with Crippen molar-refractivity contribution in [2.45, 2.75) is 25.1 Å². The van der Waals surface area contributed by atoms with E-state index in [1.807, 2.05) is 0 Å². The van der Waals surface area contributed by atoms with Gasteiger partial charge in [0.25, 0.3) is 0 Å². The van der Waals surface area contributed by atoms with E-state index in [4.69, 9.17) is 11.5 Å². The minimum absolute atomic E-state index is 0.343. The summed E-state index contributed by atoms with van der Waals surface area (Å²) >= 11 is 0. The molecule has 0 saturated heterocycles. The maximum Gasteiger partial charge on any atom is 0.573 e. The molecule has 3 aromatic rings. The Labute approximate surface area is 221 Å². The Balaban J connectivity index is 2.59. The second-order valence-electron chi connectivity index (χ2n) is 7.96. The molecule has 42 heavy (non-hydrogen) atoms. The lowest BCUT2D eigenvalue weighted by Gasteiger charge is -2.23. The standard InChI is InChI=1S/C22H8F16N2O2/c23-11-3-7(17(13(25)15(11)39)41-21(33,34)35)5-1-9(19(27,28)29)6(2-10(5)20(30,31)32)8-4-12(24)16(40)14(26)18(8)42-22(36,37)38/h1-4H,39-40H2. The van der Waals surface area contributed by atoms with Gasteiger partial charge in [-0.3, -0.25) is 0 Å². The number of nitrogen functional groups attached to an aromatic ring is 2. The Morgan fingerprint density at radius 3 is 0.976 bits per heavy atom. The molecule has 0 unspecified atom stereocenters. The highest BCUT2D eigenvalue weighted by molar-refractivity contribution is 5.84. The molecule has 0 aromatic heterocycles. The molecule has 0 aliphatic carbocycles.